The number of benzene rings is 1. The van der Waals surface area contributed by atoms with Crippen LogP contribution in [0.1, 0.15) is 32.0 Å². The highest BCUT2D eigenvalue weighted by molar-refractivity contribution is 5.97. The standard InChI is InChI=1S/C20H20N4O3/c1-4-7-21-16-6-5-13(8-12(16)2)19(25)23-15-9-14-10-17(20(26)27-3)24-18(14)22-11-15/h4-10,22,24H,1,11H2,2-3H3,(H,23,25). The van der Waals surface area contributed by atoms with Crippen molar-refractivity contribution in [2.45, 2.75) is 6.92 Å². The van der Waals surface area contributed by atoms with Gasteiger partial charge in [-0.25, -0.2) is 4.79 Å². The fourth-order valence-corrected chi connectivity index (χ4v) is 2.75. The fourth-order valence-electron chi connectivity index (χ4n) is 2.75. The number of aliphatic imine (C=N–C) groups is 1. The van der Waals surface area contributed by atoms with Crippen LogP contribution in [0.3, 0.4) is 0 Å². The van der Waals surface area contributed by atoms with E-state index in [1.54, 1.807) is 36.6 Å². The number of ether oxygens (including phenoxy) is 1. The van der Waals surface area contributed by atoms with Crippen molar-refractivity contribution in [1.29, 1.82) is 0 Å². The van der Waals surface area contributed by atoms with Gasteiger partial charge >= 0.3 is 5.97 Å². The van der Waals surface area contributed by atoms with Gasteiger partial charge in [0.25, 0.3) is 5.91 Å². The SMILES string of the molecule is C=CC=Nc1ccc(C(=O)NC2=Cc3cc(C(=O)OC)[nH]c3NC2)cc1C. The Morgan fingerprint density at radius 1 is 1.33 bits per heavy atom. The minimum atomic E-state index is -0.445. The minimum Gasteiger partial charge on any atom is -0.464 e. The highest BCUT2D eigenvalue weighted by Gasteiger charge is 2.18. The van der Waals surface area contributed by atoms with E-state index in [-0.39, 0.29) is 5.91 Å². The Hall–Kier alpha value is -3.61. The molecule has 1 aromatic carbocycles. The number of aromatic nitrogens is 1. The summed E-state index contributed by atoms with van der Waals surface area (Å²) in [5.41, 5.74) is 4.06. The second kappa shape index (κ2) is 7.74. The summed E-state index contributed by atoms with van der Waals surface area (Å²) in [6.45, 7) is 5.92. The third-order valence-electron chi connectivity index (χ3n) is 4.09. The number of methoxy groups -OCH3 is 1. The molecule has 0 fully saturated rings. The van der Waals surface area contributed by atoms with Gasteiger partial charge in [-0.05, 0) is 42.8 Å². The number of carbonyl (C=O) groups excluding carboxylic acids is 2. The molecule has 0 radical (unpaired) electrons. The van der Waals surface area contributed by atoms with Crippen LogP contribution in [0.25, 0.3) is 6.08 Å². The number of H-pyrrole nitrogens is 1. The molecule has 2 heterocycles. The molecule has 0 unspecified atom stereocenters. The van der Waals surface area contributed by atoms with Crippen molar-refractivity contribution in [1.82, 2.24) is 10.3 Å². The Morgan fingerprint density at radius 3 is 2.85 bits per heavy atom. The van der Waals surface area contributed by atoms with Gasteiger partial charge in [0.2, 0.25) is 0 Å². The molecule has 1 aromatic heterocycles. The van der Waals surface area contributed by atoms with Gasteiger partial charge in [0, 0.05) is 23.0 Å². The Labute approximate surface area is 156 Å². The second-order valence-electron chi connectivity index (χ2n) is 6.00. The van der Waals surface area contributed by atoms with E-state index < -0.39 is 5.97 Å². The molecule has 0 saturated carbocycles. The van der Waals surface area contributed by atoms with Crippen molar-refractivity contribution in [3.05, 3.63) is 65.0 Å². The van der Waals surface area contributed by atoms with E-state index in [4.69, 9.17) is 4.74 Å². The molecule has 7 heteroatoms. The molecule has 1 amide bonds. The Balaban J connectivity index is 1.75. The molecular weight excluding hydrogens is 344 g/mol. The number of anilines is 1. The van der Waals surface area contributed by atoms with Crippen molar-refractivity contribution in [3.8, 4) is 0 Å². The van der Waals surface area contributed by atoms with Gasteiger partial charge < -0.3 is 20.4 Å². The number of amides is 1. The van der Waals surface area contributed by atoms with Crippen molar-refractivity contribution < 1.29 is 14.3 Å². The number of nitrogens with zero attached hydrogens (tertiary/aromatic N) is 1. The molecule has 1 aliphatic heterocycles. The van der Waals surface area contributed by atoms with E-state index >= 15 is 0 Å². The van der Waals surface area contributed by atoms with E-state index in [1.165, 1.54) is 7.11 Å². The molecule has 0 aliphatic carbocycles. The first kappa shape index (κ1) is 18.2. The number of carbonyl (C=O) groups is 2. The average molecular weight is 364 g/mol. The quantitative estimate of drug-likeness (QED) is 0.561. The minimum absolute atomic E-state index is 0.211. The monoisotopic (exact) mass is 364 g/mol. The molecule has 1 aliphatic rings. The number of nitrogens with one attached hydrogen (secondary N) is 3. The second-order valence-corrected chi connectivity index (χ2v) is 6.00. The predicted octanol–water partition coefficient (Wildman–Crippen LogP) is 3.19. The Morgan fingerprint density at radius 2 is 2.15 bits per heavy atom. The van der Waals surface area contributed by atoms with Crippen molar-refractivity contribution in [2.75, 3.05) is 19.0 Å². The lowest BCUT2D eigenvalue weighted by molar-refractivity contribution is 0.0594. The summed E-state index contributed by atoms with van der Waals surface area (Å²) >= 11 is 0. The lowest BCUT2D eigenvalue weighted by Gasteiger charge is -2.16. The smallest absolute Gasteiger partial charge is 0.354 e. The van der Waals surface area contributed by atoms with Crippen molar-refractivity contribution in [2.24, 2.45) is 4.99 Å². The van der Waals surface area contributed by atoms with E-state index in [0.717, 1.165) is 16.8 Å². The highest BCUT2D eigenvalue weighted by Crippen LogP contribution is 2.24. The first-order valence-electron chi connectivity index (χ1n) is 8.34. The van der Waals surface area contributed by atoms with Crippen molar-refractivity contribution in [3.63, 3.8) is 0 Å². The first-order chi connectivity index (χ1) is 13.0. The van der Waals surface area contributed by atoms with Crippen LogP contribution in [0.2, 0.25) is 0 Å². The fraction of sp³-hybridized carbons (Fsp3) is 0.150. The maximum Gasteiger partial charge on any atom is 0.354 e. The summed E-state index contributed by atoms with van der Waals surface area (Å²) in [5.74, 6) is 0.0612. The number of rotatable bonds is 5. The van der Waals surface area contributed by atoms with Crippen LogP contribution in [0.15, 0.2) is 47.6 Å². The summed E-state index contributed by atoms with van der Waals surface area (Å²) in [6.07, 6.45) is 5.03. The first-order valence-corrected chi connectivity index (χ1v) is 8.34. The summed E-state index contributed by atoms with van der Waals surface area (Å²) in [5, 5.41) is 6.03. The molecule has 3 N–H and O–H groups in total. The largest absolute Gasteiger partial charge is 0.464 e. The zero-order valence-corrected chi connectivity index (χ0v) is 15.1. The predicted molar refractivity (Wildman–Crippen MR) is 106 cm³/mol. The van der Waals surface area contributed by atoms with E-state index in [1.807, 2.05) is 13.0 Å². The Bertz CT molecular complexity index is 970. The van der Waals surface area contributed by atoms with Crippen LogP contribution in [-0.2, 0) is 4.74 Å². The van der Waals surface area contributed by atoms with Crippen LogP contribution >= 0.6 is 0 Å². The number of hydrogen-bond acceptors (Lipinski definition) is 5. The van der Waals surface area contributed by atoms with Crippen molar-refractivity contribution >= 4 is 35.7 Å². The van der Waals surface area contributed by atoms with Crippen LogP contribution in [0, 0.1) is 6.92 Å². The Kier molecular flexibility index (Phi) is 5.21. The van der Waals surface area contributed by atoms with Gasteiger partial charge in [0.05, 0.1) is 19.3 Å². The van der Waals surface area contributed by atoms with Gasteiger partial charge in [0.15, 0.2) is 0 Å². The molecule has 0 bridgehead atoms. The summed E-state index contributed by atoms with van der Waals surface area (Å²) in [7, 11) is 1.33. The molecule has 0 atom stereocenters. The van der Waals surface area contributed by atoms with E-state index in [2.05, 4.69) is 27.2 Å². The van der Waals surface area contributed by atoms with Crippen LogP contribution < -0.4 is 10.6 Å². The zero-order chi connectivity index (χ0) is 19.4. The third-order valence-corrected chi connectivity index (χ3v) is 4.09. The number of aryl methyl sites for hydroxylation is 1. The summed E-state index contributed by atoms with van der Waals surface area (Å²) in [4.78, 5) is 31.4. The lowest BCUT2D eigenvalue weighted by atomic mass is 10.1. The number of fused-ring (bicyclic) bond motifs is 1. The number of hydrogen-bond donors (Lipinski definition) is 3. The van der Waals surface area contributed by atoms with Gasteiger partial charge in [-0.3, -0.25) is 9.79 Å². The van der Waals surface area contributed by atoms with Gasteiger partial charge in [-0.15, -0.1) is 0 Å². The number of esters is 1. The number of aromatic amines is 1. The molecule has 27 heavy (non-hydrogen) atoms. The number of allylic oxidation sites excluding steroid dienone is 1. The summed E-state index contributed by atoms with van der Waals surface area (Å²) in [6, 6.07) is 6.99. The van der Waals surface area contributed by atoms with Crippen LogP contribution in [0.5, 0.6) is 0 Å². The molecule has 7 nitrogen and oxygen atoms in total. The molecular formula is C20H20N4O3. The molecule has 0 spiro atoms. The molecule has 138 valence electrons. The molecule has 0 saturated heterocycles. The highest BCUT2D eigenvalue weighted by atomic mass is 16.5. The summed E-state index contributed by atoms with van der Waals surface area (Å²) < 4.78 is 4.70. The van der Waals surface area contributed by atoms with Gasteiger partial charge in [-0.1, -0.05) is 12.7 Å². The zero-order valence-electron chi connectivity index (χ0n) is 15.1. The van der Waals surface area contributed by atoms with E-state index in [9.17, 15) is 9.59 Å². The maximum absolute atomic E-state index is 12.5. The normalized spacial score (nSPS) is 12.7. The maximum atomic E-state index is 12.5. The van der Waals surface area contributed by atoms with Gasteiger partial charge in [-0.2, -0.15) is 0 Å². The van der Waals surface area contributed by atoms with Gasteiger partial charge in [0.1, 0.15) is 11.5 Å². The third kappa shape index (κ3) is 3.98. The van der Waals surface area contributed by atoms with Crippen LogP contribution in [0.4, 0.5) is 11.5 Å². The van der Waals surface area contributed by atoms with Crippen LogP contribution in [-0.4, -0.2) is 36.7 Å². The lowest BCUT2D eigenvalue weighted by Crippen LogP contribution is -2.28. The molecule has 3 rings (SSSR count). The topological polar surface area (TPSA) is 95.6 Å². The van der Waals surface area contributed by atoms with E-state index in [0.29, 0.717) is 29.3 Å². The molecule has 2 aromatic rings. The average Bonchev–Trinajstić information content (AvgIpc) is 3.09.